The molecule has 0 saturated carbocycles. The molecule has 2 fully saturated rings. The molecular formula is C63H92N18O17. The predicted molar refractivity (Wildman–Crippen MR) is 351 cm³/mol. The van der Waals surface area contributed by atoms with Gasteiger partial charge in [-0.15, -0.1) is 0 Å². The molecule has 3 heterocycles. The zero-order chi connectivity index (χ0) is 72.2. The molecule has 98 heavy (non-hydrogen) atoms. The number of aliphatic imine (C=N–C) groups is 1. The first-order chi connectivity index (χ1) is 46.5. The fraction of sp³-hybridized carbons (Fsp3) is 0.540. The Kier molecular flexibility index (Phi) is 31.2. The van der Waals surface area contributed by atoms with Gasteiger partial charge in [-0.1, -0.05) is 68.3 Å². The maximum Gasteiger partial charge on any atom is 0.324 e. The smallest absolute Gasteiger partial charge is 0.324 e. The van der Waals surface area contributed by atoms with Crippen molar-refractivity contribution in [2.75, 3.05) is 19.6 Å². The van der Waals surface area contributed by atoms with Gasteiger partial charge in [0.05, 0.1) is 18.6 Å². The second-order valence-electron chi connectivity index (χ2n) is 24.1. The average molecular weight is 1370 g/mol. The van der Waals surface area contributed by atoms with Gasteiger partial charge in [-0.05, 0) is 75.5 Å². The van der Waals surface area contributed by atoms with Gasteiger partial charge >= 0.3 is 5.97 Å². The normalized spacial score (nSPS) is 21.7. The lowest BCUT2D eigenvalue weighted by Gasteiger charge is -2.31. The van der Waals surface area contributed by atoms with E-state index in [1.165, 1.54) is 0 Å². The molecule has 2 unspecified atom stereocenters. The van der Waals surface area contributed by atoms with Gasteiger partial charge in [0.2, 0.25) is 76.8 Å². The van der Waals surface area contributed by atoms with Gasteiger partial charge < -0.3 is 101 Å². The quantitative estimate of drug-likeness (QED) is 0.0192. The number of nitrogens with zero attached hydrogens (tertiary/aromatic N) is 2. The molecule has 3 aromatic rings. The van der Waals surface area contributed by atoms with Gasteiger partial charge in [0.25, 0.3) is 0 Å². The van der Waals surface area contributed by atoms with Crippen LogP contribution in [-0.4, -0.2) is 201 Å². The summed E-state index contributed by atoms with van der Waals surface area (Å²) >= 11 is 0. The molecule has 1 aromatic heterocycles. The van der Waals surface area contributed by atoms with Crippen LogP contribution in [0.5, 0.6) is 0 Å². The number of aliphatic hydroxyl groups is 2. The standard InChI is InChI=1S/C63H92N18O17/c1-4-5-17-41(75-61(96)52(33(2)82)80-59(94)47(30-50(65)86)78-56(91)43(72-34(3)83)21-23-49(64)85)54(89)76-44-22-24-51(87)98-71-26-12-11-19-40(53(66)88)73-58(93)46(28-36-31-70-39-18-10-9-16-38(36)39)77-55(90)42(20-13-25-69-63(67)68)74-57(92)45(27-35-14-7-6-8-15-35)79-60(95)48-29-37(84)32-81(48)62(44)97/h6-10,14-16,18,31,33,37,40-48,52,70-71,82,84H,4-5,11-13,17,19-30,32H2,1-3H3,(H2,64,85)(H2,65,86)(H2,66,88)(H,72,83)(H,73,93)(H,74,92)(H,75,96)(H,76,89)(H,77,90)(H,78,91)(H,79,95)(H,80,94)(H4,67,68,69)/t33?,37?,40-,41-,42-,43-,44-,45+,46-,47-,48-,52-/m0/s1. The Hall–Kier alpha value is -10.3. The summed E-state index contributed by atoms with van der Waals surface area (Å²) in [5.74, 6) is -13.9. The Morgan fingerprint density at radius 2 is 1.34 bits per heavy atom. The average Bonchev–Trinajstić information content (AvgIpc) is 1.59. The van der Waals surface area contributed by atoms with Crippen LogP contribution < -0.4 is 82.0 Å². The zero-order valence-corrected chi connectivity index (χ0v) is 54.9. The number of aromatic nitrogens is 1. The summed E-state index contributed by atoms with van der Waals surface area (Å²) < 4.78 is 0. The maximum absolute atomic E-state index is 15.1. The van der Waals surface area contributed by atoms with Crippen molar-refractivity contribution in [2.45, 2.75) is 196 Å². The van der Waals surface area contributed by atoms with E-state index in [0.29, 0.717) is 17.5 Å². The number of amides is 13. The SMILES string of the molecule is CCCC[C@H](NC(=O)[C@@H](NC(=O)[C@H](CC(N)=O)NC(=O)[C@H](CCC(N)=O)NC(C)=O)C(C)O)C(=O)N[C@H]1CCC(=O)ONCCCC[C@@H](C(N)=O)NC(=O)[C@H](Cc2c[nH]c3ccccc23)NC(=O)[C@H](CCCN=C(N)N)NC(=O)[C@@H](Cc2ccccc2)NC(=O)[C@@H]2CC(O)CN2C1=O. The van der Waals surface area contributed by atoms with Gasteiger partial charge in [0.15, 0.2) is 5.96 Å². The molecular weight excluding hydrogens is 1280 g/mol. The molecule has 23 N–H and O–H groups in total. The minimum atomic E-state index is -1.93. The number of fused-ring (bicyclic) bond motifs is 2. The predicted octanol–water partition coefficient (Wildman–Crippen LogP) is -5.44. The molecule has 2 aromatic carbocycles. The Labute approximate surface area is 564 Å². The number of hydrogen-bond donors (Lipinski definition) is 18. The summed E-state index contributed by atoms with van der Waals surface area (Å²) in [5, 5.41) is 45.5. The number of para-hydroxylation sites is 1. The highest BCUT2D eigenvalue weighted by atomic mass is 16.7. The number of aliphatic hydroxyl groups excluding tert-OH is 2. The molecule has 0 radical (unpaired) electrons. The van der Waals surface area contributed by atoms with Crippen molar-refractivity contribution in [3.8, 4) is 0 Å². The van der Waals surface area contributed by atoms with E-state index in [0.717, 1.165) is 29.7 Å². The number of rotatable bonds is 27. The number of aromatic amines is 1. The molecule has 2 aliphatic rings. The lowest BCUT2D eigenvalue weighted by Crippen LogP contribution is -2.62. The van der Waals surface area contributed by atoms with E-state index in [4.69, 9.17) is 33.5 Å². The molecule has 35 heteroatoms. The maximum atomic E-state index is 15.1. The van der Waals surface area contributed by atoms with Crippen LogP contribution in [0, 0.1) is 0 Å². The lowest BCUT2D eigenvalue weighted by molar-refractivity contribution is -0.152. The Morgan fingerprint density at radius 1 is 0.704 bits per heavy atom. The van der Waals surface area contributed by atoms with Gasteiger partial charge in [-0.2, -0.15) is 5.48 Å². The third-order valence-electron chi connectivity index (χ3n) is 16.2. The molecule has 0 bridgehead atoms. The lowest BCUT2D eigenvalue weighted by atomic mass is 10.0. The summed E-state index contributed by atoms with van der Waals surface area (Å²) in [6.45, 7) is 3.38. The number of nitrogens with one attached hydrogen (secondary N) is 11. The van der Waals surface area contributed by atoms with E-state index in [9.17, 15) is 72.5 Å². The van der Waals surface area contributed by atoms with E-state index >= 15 is 4.79 Å². The molecule has 2 saturated heterocycles. The number of benzene rings is 2. The molecule has 0 aliphatic carbocycles. The third kappa shape index (κ3) is 25.4. The van der Waals surface area contributed by atoms with Gasteiger partial charge in [-0.3, -0.25) is 72.1 Å². The van der Waals surface area contributed by atoms with E-state index in [1.807, 2.05) is 6.07 Å². The molecule has 12 atom stereocenters. The van der Waals surface area contributed by atoms with Crippen LogP contribution in [0.15, 0.2) is 65.8 Å². The van der Waals surface area contributed by atoms with Crippen LogP contribution >= 0.6 is 0 Å². The van der Waals surface area contributed by atoms with Crippen molar-refractivity contribution in [2.24, 2.45) is 33.7 Å². The summed E-state index contributed by atoms with van der Waals surface area (Å²) in [7, 11) is 0. The fourth-order valence-electron chi connectivity index (χ4n) is 11.0. The summed E-state index contributed by atoms with van der Waals surface area (Å²) in [4.78, 5) is 205. The highest BCUT2D eigenvalue weighted by Crippen LogP contribution is 2.23. The number of hydroxylamine groups is 1. The van der Waals surface area contributed by atoms with Crippen molar-refractivity contribution < 1.29 is 82.2 Å². The first kappa shape index (κ1) is 78.4. The highest BCUT2D eigenvalue weighted by molar-refractivity contribution is 6.00. The number of primary amides is 3. The van der Waals surface area contributed by atoms with Crippen molar-refractivity contribution in [3.05, 3.63) is 71.9 Å². The largest absolute Gasteiger partial charge is 0.391 e. The van der Waals surface area contributed by atoms with Crippen LogP contribution in [0.3, 0.4) is 0 Å². The first-order valence-electron chi connectivity index (χ1n) is 32.3. The Morgan fingerprint density at radius 3 is 2.00 bits per heavy atom. The first-order valence-corrected chi connectivity index (χ1v) is 32.3. The Balaban J connectivity index is 1.49. The van der Waals surface area contributed by atoms with Crippen LogP contribution in [-0.2, 0) is 84.8 Å². The Bertz CT molecular complexity index is 3350. The second kappa shape index (κ2) is 39.1. The third-order valence-corrected chi connectivity index (χ3v) is 16.2. The minimum Gasteiger partial charge on any atom is -0.391 e. The van der Waals surface area contributed by atoms with E-state index in [2.05, 4.69) is 63.3 Å². The van der Waals surface area contributed by atoms with Crippen LogP contribution in [0.25, 0.3) is 10.9 Å². The topological polar surface area (TPSA) is 570 Å². The summed E-state index contributed by atoms with van der Waals surface area (Å²) in [6.07, 6.45) is -4.03. The molecule has 5 rings (SSSR count). The molecule has 35 nitrogen and oxygen atoms in total. The number of guanidine groups is 1. The van der Waals surface area contributed by atoms with Gasteiger partial charge in [0, 0.05) is 75.8 Å². The summed E-state index contributed by atoms with van der Waals surface area (Å²) in [5.41, 5.74) is 32.0. The number of H-pyrrole nitrogens is 1. The number of unbranched alkanes of at least 4 members (excludes halogenated alkanes) is 1. The van der Waals surface area contributed by atoms with Crippen molar-refractivity contribution in [3.63, 3.8) is 0 Å². The summed E-state index contributed by atoms with van der Waals surface area (Å²) in [6, 6.07) is -0.171. The van der Waals surface area contributed by atoms with Crippen LogP contribution in [0.4, 0.5) is 0 Å². The van der Waals surface area contributed by atoms with Gasteiger partial charge in [-0.25, -0.2) is 0 Å². The minimum absolute atomic E-state index is 0.00686. The van der Waals surface area contributed by atoms with Crippen LogP contribution in [0.1, 0.15) is 122 Å². The monoisotopic (exact) mass is 1370 g/mol. The number of carbonyl (C=O) groups excluding carboxylic acids is 14. The van der Waals surface area contributed by atoms with Crippen molar-refractivity contribution in [1.82, 2.24) is 63.2 Å². The zero-order valence-electron chi connectivity index (χ0n) is 54.9. The molecule has 2 aliphatic heterocycles. The number of carbonyl (C=O) groups is 14. The van der Waals surface area contributed by atoms with Crippen molar-refractivity contribution in [1.29, 1.82) is 0 Å². The van der Waals surface area contributed by atoms with Crippen molar-refractivity contribution >= 4 is 99.6 Å². The van der Waals surface area contributed by atoms with E-state index < -0.39 is 188 Å². The highest BCUT2D eigenvalue weighted by Gasteiger charge is 2.44. The second-order valence-corrected chi connectivity index (χ2v) is 24.1. The molecule has 536 valence electrons. The number of hydrogen-bond acceptors (Lipinski definition) is 19. The van der Waals surface area contributed by atoms with E-state index in [-0.39, 0.29) is 89.7 Å². The van der Waals surface area contributed by atoms with Gasteiger partial charge in [0.1, 0.15) is 60.4 Å². The molecule has 0 spiro atoms. The van der Waals surface area contributed by atoms with E-state index in [1.54, 1.807) is 61.7 Å². The molecule has 13 amide bonds. The van der Waals surface area contributed by atoms with Crippen LogP contribution in [0.2, 0.25) is 0 Å². The fourth-order valence-corrected chi connectivity index (χ4v) is 11.0. The number of nitrogens with two attached hydrogens (primary N) is 5.